The third-order valence-corrected chi connectivity index (χ3v) is 18.7. The summed E-state index contributed by atoms with van der Waals surface area (Å²) in [6, 6.07) is -1.36. The quantitative estimate of drug-likeness (QED) is 0.0142. The van der Waals surface area contributed by atoms with Gasteiger partial charge in [0.25, 0.3) is 0 Å². The van der Waals surface area contributed by atoms with E-state index in [1.54, 1.807) is 88.5 Å². The number of carbonyl (C=O) groups is 18. The number of thioether (sulfide) groups is 1. The van der Waals surface area contributed by atoms with Crippen LogP contribution < -0.4 is 108 Å². The van der Waals surface area contributed by atoms with Gasteiger partial charge in [-0.15, -0.1) is 0 Å². The number of hydrogen-bond donors (Lipinski definition) is 22. The average Bonchev–Trinajstić information content (AvgIpc) is 1.69. The lowest BCUT2D eigenvalue weighted by Crippen LogP contribution is -2.60. The third kappa shape index (κ3) is 34.5. The number of para-hydroxylation sites is 1. The fourth-order valence-electron chi connectivity index (χ4n) is 12.0. The molecular weight excluding hydrogens is 1520 g/mol. The summed E-state index contributed by atoms with van der Waals surface area (Å²) >= 11 is 1.44. The van der Waals surface area contributed by atoms with Gasteiger partial charge in [-0.3, -0.25) is 91.7 Å². The van der Waals surface area contributed by atoms with Crippen LogP contribution in [0.3, 0.4) is 0 Å². The van der Waals surface area contributed by atoms with Gasteiger partial charge in [0.15, 0.2) is 5.96 Å². The molecular formula is C74H112N22O18S. The Balaban J connectivity index is 1.51. The summed E-state index contributed by atoms with van der Waals surface area (Å²) < 4.78 is 0. The van der Waals surface area contributed by atoms with Gasteiger partial charge in [-0.1, -0.05) is 90.1 Å². The normalized spacial score (nSPS) is 15.3. The summed E-state index contributed by atoms with van der Waals surface area (Å²) in [5.74, 6) is -17.1. The molecule has 115 heavy (non-hydrogen) atoms. The van der Waals surface area contributed by atoms with Crippen molar-refractivity contribution in [2.24, 2.45) is 46.4 Å². The van der Waals surface area contributed by atoms with Crippen molar-refractivity contribution in [3.05, 3.63) is 71.9 Å². The lowest BCUT2D eigenvalue weighted by Gasteiger charge is -2.27. The fourth-order valence-corrected chi connectivity index (χ4v) is 12.5. The molecule has 1 saturated heterocycles. The van der Waals surface area contributed by atoms with Crippen molar-refractivity contribution in [2.75, 3.05) is 31.6 Å². The number of guanidine groups is 1. The molecule has 1 fully saturated rings. The van der Waals surface area contributed by atoms with Crippen LogP contribution in [0.1, 0.15) is 137 Å². The Morgan fingerprint density at radius 3 is 1.50 bits per heavy atom. The Morgan fingerprint density at radius 1 is 0.487 bits per heavy atom. The van der Waals surface area contributed by atoms with Crippen molar-refractivity contribution >= 4 is 135 Å². The first-order valence-electron chi connectivity index (χ1n) is 37.7. The highest BCUT2D eigenvalue weighted by atomic mass is 32.2. The van der Waals surface area contributed by atoms with Crippen molar-refractivity contribution in [2.45, 2.75) is 211 Å². The maximum atomic E-state index is 14.6. The van der Waals surface area contributed by atoms with Crippen molar-refractivity contribution in [3.63, 3.8) is 0 Å². The smallest absolute Gasteiger partial charge is 0.243 e. The molecule has 12 unspecified atom stereocenters. The first kappa shape index (κ1) is 95.4. The van der Waals surface area contributed by atoms with Crippen LogP contribution in [-0.2, 0) is 99.1 Å². The Kier molecular flexibility index (Phi) is 40.0. The monoisotopic (exact) mass is 1630 g/mol. The van der Waals surface area contributed by atoms with Crippen LogP contribution in [0.25, 0.3) is 10.9 Å². The zero-order valence-electron chi connectivity index (χ0n) is 65.8. The molecule has 0 aliphatic carbocycles. The van der Waals surface area contributed by atoms with Crippen LogP contribution in [0.5, 0.6) is 0 Å². The van der Waals surface area contributed by atoms with E-state index in [2.05, 4.69) is 84.7 Å². The third-order valence-electron chi connectivity index (χ3n) is 18.1. The predicted molar refractivity (Wildman–Crippen MR) is 422 cm³/mol. The van der Waals surface area contributed by atoms with E-state index in [9.17, 15) is 86.3 Å². The number of nitrogens with one attached hydrogen (secondary N) is 17. The zero-order chi connectivity index (χ0) is 85.8. The van der Waals surface area contributed by atoms with Gasteiger partial charge < -0.3 is 113 Å². The van der Waals surface area contributed by atoms with E-state index in [1.807, 2.05) is 20.1 Å². The molecule has 40 nitrogen and oxygen atoms in total. The topological polar surface area (TPSA) is 657 Å². The van der Waals surface area contributed by atoms with Crippen LogP contribution >= 0.6 is 11.8 Å². The van der Waals surface area contributed by atoms with E-state index >= 15 is 0 Å². The van der Waals surface area contributed by atoms with Crippen molar-refractivity contribution in [1.29, 1.82) is 5.41 Å². The Hall–Kier alpha value is -11.9. The molecule has 632 valence electrons. The zero-order valence-corrected chi connectivity index (χ0v) is 66.6. The van der Waals surface area contributed by atoms with E-state index in [0.717, 1.165) is 0 Å². The molecule has 0 spiro atoms. The standard InChI is InChI=1S/C74H112N22O18S/c1-37(2)29-50(93-65(106)46(19-14-27-81-74(79)80)90-67(108)48(20-23-55(75)97)91-66(107)47-22-25-58(100)86-47)64(105)83-35-59(101)88-54(33-57(77)99)72(113)92-49(21-24-56(76)98)68(109)95-53(32-42-34-82-44-18-13-12-17-43(42)44)69(110)85-40(7)63(104)96-61(39(5)6)73(114)84-36-60(102)87-52(31-41-15-10-9-11-16-41)71(112)94-51(30-38(3)4)70(111)89-45(62(78)103)26-28-115-8/h9-13,15-18,34,37-40,45-54,61,82H,14,19-33,35-36H2,1-8H3,(H2,75,97)(H2,76,98)(H2,77,99)(H2,78,103)(H,83,105)(H,84,114)(H,85,110)(H,86,100)(H,87,102)(H,88,101)(H,89,111)(H,90,108)(H,91,107)(H,92,113)(H,93,106)(H,94,112)(H,95,109)(H,96,104)(H4,79,80,81). The Bertz CT molecular complexity index is 3950. The van der Waals surface area contributed by atoms with Gasteiger partial charge in [-0.25, -0.2) is 0 Å². The van der Waals surface area contributed by atoms with Gasteiger partial charge >= 0.3 is 0 Å². The predicted octanol–water partition coefficient (Wildman–Crippen LogP) is -5.53. The molecule has 4 rings (SSSR count). The number of aromatic amines is 1. The van der Waals surface area contributed by atoms with E-state index in [-0.39, 0.29) is 89.0 Å². The second-order valence-corrected chi connectivity index (χ2v) is 30.1. The maximum absolute atomic E-state index is 14.6. The van der Waals surface area contributed by atoms with E-state index in [4.69, 9.17) is 34.1 Å². The molecule has 0 saturated carbocycles. The second-order valence-electron chi connectivity index (χ2n) is 29.1. The van der Waals surface area contributed by atoms with Crippen LogP contribution in [-0.4, -0.2) is 221 Å². The number of nitrogens with two attached hydrogens (primary N) is 5. The summed E-state index contributed by atoms with van der Waals surface area (Å²) in [4.78, 5) is 246. The van der Waals surface area contributed by atoms with E-state index < -0.39 is 223 Å². The minimum absolute atomic E-state index is 0.0390. The van der Waals surface area contributed by atoms with Gasteiger partial charge in [0.2, 0.25) is 106 Å². The molecule has 18 amide bonds. The number of fused-ring (bicyclic) bond motifs is 1. The number of primary amides is 4. The molecule has 2 aromatic carbocycles. The molecule has 27 N–H and O–H groups in total. The Morgan fingerprint density at radius 2 is 0.965 bits per heavy atom. The lowest BCUT2D eigenvalue weighted by molar-refractivity contribution is -0.136. The largest absolute Gasteiger partial charge is 0.370 e. The minimum Gasteiger partial charge on any atom is -0.370 e. The van der Waals surface area contributed by atoms with Crippen LogP contribution in [0, 0.1) is 23.2 Å². The number of H-pyrrole nitrogens is 1. The van der Waals surface area contributed by atoms with E-state index in [1.165, 1.54) is 18.7 Å². The Labute approximate surface area is 669 Å². The van der Waals surface area contributed by atoms with Gasteiger partial charge in [0.05, 0.1) is 19.5 Å². The second kappa shape index (κ2) is 48.2. The summed E-state index contributed by atoms with van der Waals surface area (Å²) in [6.07, 6.45) is 0.746. The summed E-state index contributed by atoms with van der Waals surface area (Å²) in [5.41, 5.74) is 29.1. The highest BCUT2D eigenvalue weighted by molar-refractivity contribution is 7.98. The molecule has 0 radical (unpaired) electrons. The molecule has 3 aromatic rings. The molecule has 0 bridgehead atoms. The maximum Gasteiger partial charge on any atom is 0.243 e. The molecule has 41 heteroatoms. The number of rotatable bonds is 51. The van der Waals surface area contributed by atoms with Gasteiger partial charge in [0.1, 0.15) is 72.5 Å². The molecule has 1 aliphatic rings. The van der Waals surface area contributed by atoms with Crippen LogP contribution in [0.2, 0.25) is 0 Å². The molecule has 2 heterocycles. The lowest BCUT2D eigenvalue weighted by atomic mass is 10.0. The molecule has 1 aliphatic heterocycles. The SMILES string of the molecule is CSCCC(NC(=O)C(CC(C)C)NC(=O)C(Cc1ccccc1)NC(=O)CNC(=O)C(NC(=O)C(C)NC(=O)C(Cc1c[nH]c2ccccc12)NC(=O)C(CCC(N)=O)NC(=O)C(CC(N)=O)NC(=O)CNC(=O)C(CC(C)C)NC(=O)C(CCCNC(=N)N)NC(=O)C(CCC(N)=O)NC(=O)C1CCC(=O)N1)C(C)C)C(N)=O. The van der Waals surface area contributed by atoms with Crippen molar-refractivity contribution < 1.29 is 86.3 Å². The minimum atomic E-state index is -1.89. The number of carbonyl (C=O) groups excluding carboxylic acids is 18. The highest BCUT2D eigenvalue weighted by Gasteiger charge is 2.38. The molecule has 1 aromatic heterocycles. The van der Waals surface area contributed by atoms with Gasteiger partial charge in [0, 0.05) is 55.7 Å². The number of aromatic nitrogens is 1. The summed E-state index contributed by atoms with van der Waals surface area (Å²) in [6.45, 7) is 9.90. The number of hydrogen-bond acceptors (Lipinski definition) is 20. The van der Waals surface area contributed by atoms with Crippen LogP contribution in [0.15, 0.2) is 60.8 Å². The number of amides is 18. The summed E-state index contributed by atoms with van der Waals surface area (Å²) in [5, 5.41) is 45.9. The van der Waals surface area contributed by atoms with E-state index in [0.29, 0.717) is 27.8 Å². The first-order chi connectivity index (χ1) is 54.2. The van der Waals surface area contributed by atoms with Crippen molar-refractivity contribution in [3.8, 4) is 0 Å². The molecule has 12 atom stereocenters. The number of benzene rings is 2. The fraction of sp³-hybridized carbons (Fsp3) is 0.554. The van der Waals surface area contributed by atoms with Gasteiger partial charge in [-0.2, -0.15) is 11.8 Å². The first-order valence-corrected chi connectivity index (χ1v) is 39.1. The average molecular weight is 1630 g/mol. The van der Waals surface area contributed by atoms with Gasteiger partial charge in [-0.05, 0) is 105 Å². The van der Waals surface area contributed by atoms with Crippen LogP contribution in [0.4, 0.5) is 0 Å². The van der Waals surface area contributed by atoms with Crippen molar-refractivity contribution in [1.82, 2.24) is 84.7 Å². The summed E-state index contributed by atoms with van der Waals surface area (Å²) in [7, 11) is 0. The highest BCUT2D eigenvalue weighted by Crippen LogP contribution is 2.21.